The Morgan fingerprint density at radius 2 is 1.56 bits per heavy atom. The fraction of sp³-hybridized carbons (Fsp3) is 0.179. The van der Waals surface area contributed by atoms with E-state index in [2.05, 4.69) is 11.4 Å². The number of nitrogens with one attached hydrogen (secondary N) is 1. The molecule has 200 valence electrons. The van der Waals surface area contributed by atoms with E-state index < -0.39 is 23.0 Å². The lowest BCUT2D eigenvalue weighted by Crippen LogP contribution is -2.18. The molecule has 0 fully saturated rings. The Morgan fingerprint density at radius 3 is 2.31 bits per heavy atom. The number of carboxylic acids is 1. The third-order valence-corrected chi connectivity index (χ3v) is 9.37. The second-order valence-corrected chi connectivity index (χ2v) is 11.5. The van der Waals surface area contributed by atoms with E-state index in [-0.39, 0.29) is 31.8 Å². The Bertz CT molecular complexity index is 1670. The molecule has 0 unspecified atom stereocenters. The summed E-state index contributed by atoms with van der Waals surface area (Å²) in [4.78, 5) is 39.1. The van der Waals surface area contributed by atoms with Crippen LogP contribution in [0.4, 0.5) is 5.69 Å². The molecule has 0 bridgehead atoms. The number of fused-ring (bicyclic) bond motifs is 3. The van der Waals surface area contributed by atoms with Gasteiger partial charge in [0.15, 0.2) is 0 Å². The van der Waals surface area contributed by atoms with Crippen molar-refractivity contribution < 1.29 is 19.5 Å². The second kappa shape index (κ2) is 11.4. The van der Waals surface area contributed by atoms with Crippen LogP contribution in [0.2, 0.25) is 20.1 Å². The number of nitrogens with zero attached hydrogens (tertiary/aromatic N) is 1. The van der Waals surface area contributed by atoms with Crippen LogP contribution in [0.3, 0.4) is 0 Å². The summed E-state index contributed by atoms with van der Waals surface area (Å²) in [6.45, 7) is 0. The van der Waals surface area contributed by atoms with Crippen LogP contribution in [-0.4, -0.2) is 33.2 Å². The van der Waals surface area contributed by atoms with E-state index in [0.717, 1.165) is 47.2 Å². The summed E-state index contributed by atoms with van der Waals surface area (Å²) < 4.78 is 1.85. The zero-order chi connectivity index (χ0) is 27.8. The van der Waals surface area contributed by atoms with Gasteiger partial charge in [0.1, 0.15) is 0 Å². The van der Waals surface area contributed by atoms with Gasteiger partial charge in [0, 0.05) is 21.7 Å². The van der Waals surface area contributed by atoms with Gasteiger partial charge in [0.2, 0.25) is 5.91 Å². The number of amides is 1. The average Bonchev–Trinajstić information content (AvgIpc) is 3.27. The van der Waals surface area contributed by atoms with Crippen molar-refractivity contribution >= 4 is 92.5 Å². The van der Waals surface area contributed by atoms with Crippen LogP contribution in [0.1, 0.15) is 49.6 Å². The minimum Gasteiger partial charge on any atom is -0.478 e. The average molecular weight is 622 g/mol. The van der Waals surface area contributed by atoms with Crippen LogP contribution in [0, 0.1) is 0 Å². The number of carbonyl (C=O) groups is 3. The van der Waals surface area contributed by atoms with Gasteiger partial charge in [-0.25, -0.2) is 4.79 Å². The quantitative estimate of drug-likeness (QED) is 0.128. The topological polar surface area (TPSA) is 88.4 Å². The van der Waals surface area contributed by atoms with Gasteiger partial charge in [-0.1, -0.05) is 70.7 Å². The van der Waals surface area contributed by atoms with Crippen LogP contribution < -0.4 is 5.32 Å². The Hall–Kier alpha value is -2.68. The largest absolute Gasteiger partial charge is 0.478 e. The van der Waals surface area contributed by atoms with E-state index in [9.17, 15) is 19.5 Å². The normalized spacial score (nSPS) is 12.8. The zero-order valence-electron chi connectivity index (χ0n) is 20.2. The van der Waals surface area contributed by atoms with Crippen LogP contribution in [0.15, 0.2) is 53.4 Å². The van der Waals surface area contributed by atoms with Crippen LogP contribution in [0.5, 0.6) is 0 Å². The zero-order valence-corrected chi connectivity index (χ0v) is 24.0. The van der Waals surface area contributed by atoms with Gasteiger partial charge >= 0.3 is 5.97 Å². The number of carboxylic acid groups (broad SMARTS) is 1. The highest BCUT2D eigenvalue weighted by atomic mass is 35.5. The molecule has 0 radical (unpaired) electrons. The number of aromatic carboxylic acids is 1. The third kappa shape index (κ3) is 5.26. The maximum Gasteiger partial charge on any atom is 0.338 e. The van der Waals surface area contributed by atoms with E-state index in [0.29, 0.717) is 5.69 Å². The number of hydrogen-bond acceptors (Lipinski definition) is 4. The summed E-state index contributed by atoms with van der Waals surface area (Å²) in [5, 5.41) is 12.2. The summed E-state index contributed by atoms with van der Waals surface area (Å²) in [6, 6.07) is 14.9. The minimum absolute atomic E-state index is 0.0166. The number of hydrogen-bond donors (Lipinski definition) is 2. The molecular weight excluding hydrogens is 602 g/mol. The van der Waals surface area contributed by atoms with Crippen molar-refractivity contribution in [1.29, 1.82) is 0 Å². The van der Waals surface area contributed by atoms with Crippen LogP contribution >= 0.6 is 58.2 Å². The van der Waals surface area contributed by atoms with E-state index in [1.807, 2.05) is 28.8 Å². The van der Waals surface area contributed by atoms with E-state index in [1.54, 1.807) is 18.2 Å². The number of thioether (sulfide) groups is 1. The van der Waals surface area contributed by atoms with E-state index in [1.165, 1.54) is 17.3 Å². The highest BCUT2D eigenvalue weighted by Gasteiger charge is 2.29. The molecule has 1 aliphatic carbocycles. The first-order chi connectivity index (χ1) is 18.7. The SMILES string of the molecule is O=C(O)c1c(Cl)c(Cl)c(Cl)c(Cl)c1C(=O)Nc1cccc(SCC(=O)n2c3c(c4ccccc42)CCCC3)c1. The van der Waals surface area contributed by atoms with Crippen molar-refractivity contribution in [3.8, 4) is 0 Å². The van der Waals surface area contributed by atoms with Gasteiger partial charge in [0.25, 0.3) is 5.91 Å². The molecule has 0 spiro atoms. The van der Waals surface area contributed by atoms with Gasteiger partial charge in [-0.3, -0.25) is 14.2 Å². The van der Waals surface area contributed by atoms with Crippen molar-refractivity contribution in [3.05, 3.63) is 91.0 Å². The van der Waals surface area contributed by atoms with Gasteiger partial charge in [-0.05, 0) is 55.5 Å². The molecule has 0 saturated carbocycles. The number of aromatic nitrogens is 1. The molecule has 1 aliphatic rings. The van der Waals surface area contributed by atoms with E-state index in [4.69, 9.17) is 46.4 Å². The molecule has 39 heavy (non-hydrogen) atoms. The maximum absolute atomic E-state index is 13.4. The number of benzene rings is 3. The first kappa shape index (κ1) is 27.9. The molecule has 5 rings (SSSR count). The van der Waals surface area contributed by atoms with Crippen molar-refractivity contribution in [1.82, 2.24) is 4.57 Å². The van der Waals surface area contributed by atoms with E-state index >= 15 is 0 Å². The lowest BCUT2D eigenvalue weighted by molar-refractivity contribution is 0.0692. The van der Waals surface area contributed by atoms with Crippen molar-refractivity contribution in [2.75, 3.05) is 11.1 Å². The third-order valence-electron chi connectivity index (χ3n) is 6.59. The number of aryl methyl sites for hydroxylation is 1. The summed E-state index contributed by atoms with van der Waals surface area (Å²) >= 11 is 25.7. The Labute approximate surface area is 248 Å². The first-order valence-electron chi connectivity index (χ1n) is 12.0. The number of carbonyl (C=O) groups excluding carboxylic acids is 2. The summed E-state index contributed by atoms with van der Waals surface area (Å²) in [7, 11) is 0. The molecule has 0 atom stereocenters. The predicted octanol–water partition coefficient (Wildman–Crippen LogP) is 8.52. The fourth-order valence-electron chi connectivity index (χ4n) is 4.89. The Morgan fingerprint density at radius 1 is 0.872 bits per heavy atom. The second-order valence-electron chi connectivity index (χ2n) is 8.96. The van der Waals surface area contributed by atoms with Gasteiger partial charge in [0.05, 0.1) is 42.5 Å². The molecule has 0 aliphatic heterocycles. The lowest BCUT2D eigenvalue weighted by atomic mass is 9.96. The predicted molar refractivity (Wildman–Crippen MR) is 158 cm³/mol. The fourth-order valence-corrected chi connectivity index (χ4v) is 6.72. The summed E-state index contributed by atoms with van der Waals surface area (Å²) in [5.74, 6) is -2.12. The lowest BCUT2D eigenvalue weighted by Gasteiger charge is -2.15. The van der Waals surface area contributed by atoms with Crippen LogP contribution in [-0.2, 0) is 12.8 Å². The maximum atomic E-state index is 13.4. The molecule has 6 nitrogen and oxygen atoms in total. The van der Waals surface area contributed by atoms with Gasteiger partial charge < -0.3 is 10.4 Å². The number of halogens is 4. The van der Waals surface area contributed by atoms with Crippen LogP contribution in [0.25, 0.3) is 10.9 Å². The monoisotopic (exact) mass is 620 g/mol. The summed E-state index contributed by atoms with van der Waals surface area (Å²) in [6.07, 6.45) is 4.03. The molecular formula is C28H20Cl4N2O4S. The molecule has 3 aromatic carbocycles. The van der Waals surface area contributed by atoms with Crippen molar-refractivity contribution in [2.45, 2.75) is 30.6 Å². The highest BCUT2D eigenvalue weighted by Crippen LogP contribution is 2.42. The van der Waals surface area contributed by atoms with Gasteiger partial charge in [-0.15, -0.1) is 11.8 Å². The van der Waals surface area contributed by atoms with Gasteiger partial charge in [-0.2, -0.15) is 0 Å². The van der Waals surface area contributed by atoms with Crippen molar-refractivity contribution in [2.24, 2.45) is 0 Å². The molecule has 1 amide bonds. The Kier molecular flexibility index (Phi) is 8.17. The summed E-state index contributed by atoms with van der Waals surface area (Å²) in [5.41, 5.74) is 2.72. The molecule has 11 heteroatoms. The number of anilines is 1. The standard InChI is InChI=1S/C28H20Cl4N2O4S/c29-23-21(22(28(37)38)24(30)26(32)25(23)31)27(36)33-14-6-5-7-15(12-14)39-13-20(35)34-18-10-3-1-8-16(18)17-9-2-4-11-19(17)34/h1,3,5-8,10,12H,2,4,9,11,13H2,(H,33,36)(H,37,38). The molecule has 1 heterocycles. The molecule has 2 N–H and O–H groups in total. The first-order valence-corrected chi connectivity index (χ1v) is 14.5. The van der Waals surface area contributed by atoms with Crippen molar-refractivity contribution in [3.63, 3.8) is 0 Å². The molecule has 0 saturated heterocycles. The molecule has 4 aromatic rings. The smallest absolute Gasteiger partial charge is 0.338 e. The molecule has 1 aromatic heterocycles. The number of rotatable bonds is 6. The number of para-hydroxylation sites is 1. The minimum atomic E-state index is -1.48. The Balaban J connectivity index is 1.37. The highest BCUT2D eigenvalue weighted by molar-refractivity contribution is 8.00.